The molecule has 0 bridgehead atoms. The number of aromatic nitrogens is 1. The molecule has 0 aliphatic carbocycles. The Morgan fingerprint density at radius 2 is 1.73 bits per heavy atom. The summed E-state index contributed by atoms with van der Waals surface area (Å²) in [6.07, 6.45) is -7.83. The van der Waals surface area contributed by atoms with E-state index in [1.54, 1.807) is 4.90 Å². The lowest BCUT2D eigenvalue weighted by Crippen LogP contribution is -2.69. The van der Waals surface area contributed by atoms with Crippen molar-refractivity contribution in [2.45, 2.75) is 75.5 Å². The normalized spacial score (nSPS) is 22.2. The molecular weight excluding hydrogens is 772 g/mol. The van der Waals surface area contributed by atoms with E-state index in [-0.39, 0.29) is 64.2 Å². The molecular formula is C38H42F7N5O5S. The Bertz CT molecular complexity index is 1900. The van der Waals surface area contributed by atoms with Gasteiger partial charge in [-0.2, -0.15) is 26.3 Å². The average Bonchev–Trinajstić information content (AvgIpc) is 3.65. The Morgan fingerprint density at radius 1 is 0.982 bits per heavy atom. The molecule has 3 amide bonds. The number of aliphatic hydroxyl groups excluding tert-OH is 1. The first-order valence-corrected chi connectivity index (χ1v) is 19.4. The van der Waals surface area contributed by atoms with E-state index in [0.29, 0.717) is 54.9 Å². The summed E-state index contributed by atoms with van der Waals surface area (Å²) in [6.45, 7) is 3.25. The van der Waals surface area contributed by atoms with Crippen LogP contribution >= 0.6 is 11.3 Å². The molecule has 0 radical (unpaired) electrons. The second-order valence-electron chi connectivity index (χ2n) is 14.2. The molecule has 1 aromatic carbocycles. The number of hydrogen-bond donors (Lipinski definition) is 1. The molecule has 1 N–H and O–H groups in total. The van der Waals surface area contributed by atoms with Crippen molar-refractivity contribution in [2.24, 2.45) is 0 Å². The molecule has 6 rings (SSSR count). The minimum Gasteiger partial charge on any atom is -0.474 e. The number of thiophene rings is 1. The number of carbonyl (C=O) groups is 3. The third-order valence-corrected chi connectivity index (χ3v) is 11.7. The number of likely N-dealkylation sites (tertiary alicyclic amines) is 1. The van der Waals surface area contributed by atoms with Gasteiger partial charge in [0.2, 0.25) is 11.5 Å². The van der Waals surface area contributed by atoms with Crippen LogP contribution in [0.2, 0.25) is 0 Å². The number of rotatable bonds is 10. The molecule has 2 fully saturated rings. The number of β-amino-alcohol motifs (C(OH)–C–C–N with tert-alkyl or cyclic N) is 1. The van der Waals surface area contributed by atoms with Gasteiger partial charge in [-0.05, 0) is 54.7 Å². The Morgan fingerprint density at radius 3 is 2.39 bits per heavy atom. The maximum atomic E-state index is 15.6. The van der Waals surface area contributed by atoms with Gasteiger partial charge < -0.3 is 24.5 Å². The Labute approximate surface area is 322 Å². The van der Waals surface area contributed by atoms with E-state index in [0.717, 1.165) is 34.7 Å². The summed E-state index contributed by atoms with van der Waals surface area (Å²) in [5, 5.41) is 10.5. The van der Waals surface area contributed by atoms with E-state index in [9.17, 15) is 45.4 Å². The quantitative estimate of drug-likeness (QED) is 0.244. The van der Waals surface area contributed by atoms with Crippen molar-refractivity contribution >= 4 is 29.1 Å². The molecule has 0 spiro atoms. The van der Waals surface area contributed by atoms with Gasteiger partial charge in [-0.25, -0.2) is 4.39 Å². The van der Waals surface area contributed by atoms with Crippen LogP contribution in [0.15, 0.2) is 48.0 Å². The van der Waals surface area contributed by atoms with Crippen molar-refractivity contribution in [2.75, 3.05) is 52.4 Å². The molecule has 3 atom stereocenters. The van der Waals surface area contributed by atoms with E-state index in [1.165, 1.54) is 23.1 Å². The number of carbonyl (C=O) groups excluding carboxylic acids is 3. The van der Waals surface area contributed by atoms with Crippen molar-refractivity contribution in [3.63, 3.8) is 0 Å². The summed E-state index contributed by atoms with van der Waals surface area (Å²) in [4.78, 5) is 53.1. The third-order valence-electron chi connectivity index (χ3n) is 10.7. The number of piperidine rings is 1. The van der Waals surface area contributed by atoms with Gasteiger partial charge in [0, 0.05) is 69.9 Å². The van der Waals surface area contributed by atoms with E-state index in [4.69, 9.17) is 4.74 Å². The minimum atomic E-state index is -4.96. The lowest BCUT2D eigenvalue weighted by Gasteiger charge is -2.51. The topological polar surface area (TPSA) is 107 Å². The van der Waals surface area contributed by atoms with Crippen LogP contribution in [0.3, 0.4) is 0 Å². The number of amides is 3. The highest BCUT2D eigenvalue weighted by Crippen LogP contribution is 2.44. The molecule has 1 unspecified atom stereocenters. The molecule has 2 aromatic heterocycles. The maximum absolute atomic E-state index is 15.6. The largest absolute Gasteiger partial charge is 0.474 e. The van der Waals surface area contributed by atoms with Gasteiger partial charge >= 0.3 is 12.4 Å². The van der Waals surface area contributed by atoms with E-state index < -0.39 is 69.7 Å². The second-order valence-corrected chi connectivity index (χ2v) is 15.1. The van der Waals surface area contributed by atoms with Crippen LogP contribution in [0.5, 0.6) is 5.75 Å². The summed E-state index contributed by atoms with van der Waals surface area (Å²) < 4.78 is 105. The van der Waals surface area contributed by atoms with Crippen LogP contribution in [0.25, 0.3) is 0 Å². The molecule has 18 heteroatoms. The number of fused-ring (bicyclic) bond motifs is 1. The fourth-order valence-electron chi connectivity index (χ4n) is 8.03. The number of hydrogen-bond acceptors (Lipinski definition) is 8. The van der Waals surface area contributed by atoms with Crippen molar-refractivity contribution in [1.29, 1.82) is 0 Å². The summed E-state index contributed by atoms with van der Waals surface area (Å²) in [5.74, 6) is -3.34. The fourth-order valence-corrected chi connectivity index (χ4v) is 8.71. The van der Waals surface area contributed by atoms with Crippen LogP contribution in [-0.2, 0) is 28.4 Å². The molecule has 5 heterocycles. The lowest BCUT2D eigenvalue weighted by atomic mass is 9.78. The van der Waals surface area contributed by atoms with Gasteiger partial charge in [0.1, 0.15) is 28.2 Å². The maximum Gasteiger partial charge on any atom is 0.425 e. The second kappa shape index (κ2) is 16.7. The predicted molar refractivity (Wildman–Crippen MR) is 190 cm³/mol. The zero-order valence-corrected chi connectivity index (χ0v) is 31.4. The standard InChI is InChI=1S/C38H42F7N5O5S/c1-2-3-7-29-36(55-26-22-30(56-23-26)38(43,44)45,11-5-13-49(29)33(52)31-28(37(40,41)42)6-4-12-46-31)35(54)50-14-10-24-21-25(39)8-9-27(24)32(50)34(53)48-17-15-47(16-18-48)19-20-51/h4,6,8-9,12,21-23,29,32,51H,2-3,5,7,10-11,13-20H2,1H3/t29-,32?,36+/m1/s1. The predicted octanol–water partition coefficient (Wildman–Crippen LogP) is 6.19. The first-order chi connectivity index (χ1) is 26.6. The highest BCUT2D eigenvalue weighted by Gasteiger charge is 2.58. The van der Waals surface area contributed by atoms with Gasteiger partial charge in [0.15, 0.2) is 0 Å². The number of benzene rings is 1. The lowest BCUT2D eigenvalue weighted by molar-refractivity contribution is -0.166. The third kappa shape index (κ3) is 8.37. The van der Waals surface area contributed by atoms with E-state index in [1.807, 2.05) is 11.8 Å². The zero-order chi connectivity index (χ0) is 40.4. The SMILES string of the molecule is CCCC[C@H]1N(C(=O)c2ncccc2C(F)(F)F)CCC[C@@]1(Oc1csc(C(F)(F)F)c1)C(=O)N1CCc2cc(F)ccc2C1C(=O)N1CCN(CCO)CC1. The monoisotopic (exact) mass is 813 g/mol. The van der Waals surface area contributed by atoms with Crippen LogP contribution in [0.1, 0.15) is 77.1 Å². The Hall–Kier alpha value is -4.29. The van der Waals surface area contributed by atoms with Crippen LogP contribution in [0, 0.1) is 5.82 Å². The van der Waals surface area contributed by atoms with Crippen molar-refractivity contribution in [3.05, 3.63) is 81.1 Å². The smallest absolute Gasteiger partial charge is 0.425 e. The number of unbranched alkanes of at least 4 members (excludes halogenated alkanes) is 1. The number of nitrogens with zero attached hydrogens (tertiary/aromatic N) is 5. The van der Waals surface area contributed by atoms with Gasteiger partial charge in [-0.3, -0.25) is 24.3 Å². The highest BCUT2D eigenvalue weighted by atomic mass is 32.1. The average molecular weight is 814 g/mol. The number of aliphatic hydroxyl groups is 1. The Balaban J connectivity index is 1.47. The van der Waals surface area contributed by atoms with Gasteiger partial charge in [0.05, 0.1) is 18.2 Å². The van der Waals surface area contributed by atoms with Gasteiger partial charge in [-0.15, -0.1) is 11.3 Å². The van der Waals surface area contributed by atoms with Crippen molar-refractivity contribution in [1.82, 2.24) is 24.6 Å². The van der Waals surface area contributed by atoms with Crippen LogP contribution < -0.4 is 4.74 Å². The van der Waals surface area contributed by atoms with Crippen molar-refractivity contribution in [3.8, 4) is 5.75 Å². The molecule has 10 nitrogen and oxygen atoms in total. The van der Waals surface area contributed by atoms with Crippen LogP contribution in [-0.4, -0.2) is 111 Å². The van der Waals surface area contributed by atoms with Crippen molar-refractivity contribution < 1.29 is 55.0 Å². The molecule has 3 aliphatic rings. The summed E-state index contributed by atoms with van der Waals surface area (Å²) >= 11 is 0.332. The summed E-state index contributed by atoms with van der Waals surface area (Å²) in [5.41, 5.74) is -3.54. The molecule has 0 saturated carbocycles. The number of halogens is 7. The molecule has 304 valence electrons. The fraction of sp³-hybridized carbons (Fsp3) is 0.526. The number of ether oxygens (including phenoxy) is 1. The number of alkyl halides is 6. The Kier molecular flexibility index (Phi) is 12.3. The molecule has 2 saturated heterocycles. The molecule has 56 heavy (non-hydrogen) atoms. The summed E-state index contributed by atoms with van der Waals surface area (Å²) in [7, 11) is 0. The molecule has 3 aliphatic heterocycles. The molecule has 3 aromatic rings. The first-order valence-electron chi connectivity index (χ1n) is 18.5. The van der Waals surface area contributed by atoms with Gasteiger partial charge in [0.25, 0.3) is 11.8 Å². The zero-order valence-electron chi connectivity index (χ0n) is 30.5. The van der Waals surface area contributed by atoms with Crippen LogP contribution in [0.4, 0.5) is 30.7 Å². The van der Waals surface area contributed by atoms with Gasteiger partial charge in [-0.1, -0.05) is 25.8 Å². The van der Waals surface area contributed by atoms with E-state index >= 15 is 4.79 Å². The summed E-state index contributed by atoms with van der Waals surface area (Å²) in [6, 6.07) is 3.73. The highest BCUT2D eigenvalue weighted by molar-refractivity contribution is 7.10. The minimum absolute atomic E-state index is 0.00558. The number of pyridine rings is 1. The van der Waals surface area contributed by atoms with E-state index in [2.05, 4.69) is 4.98 Å². The number of piperazine rings is 1. The first kappa shape index (κ1) is 41.3.